The van der Waals surface area contributed by atoms with Crippen LogP contribution < -0.4 is 14.8 Å². The Balaban J connectivity index is 1.85. The lowest BCUT2D eigenvalue weighted by molar-refractivity contribution is 0.270. The second kappa shape index (κ2) is 6.33. The molecule has 0 N–H and O–H groups in total. The molecule has 0 unspecified atom stereocenters. The van der Waals surface area contributed by atoms with Crippen molar-refractivity contribution < 1.29 is 4.74 Å². The third kappa shape index (κ3) is 2.91. The third-order valence-electron chi connectivity index (χ3n) is 3.92. The van der Waals surface area contributed by atoms with Crippen molar-refractivity contribution in [3.05, 3.63) is 69.0 Å². The fourth-order valence-electron chi connectivity index (χ4n) is 2.74. The Morgan fingerprint density at radius 3 is 2.76 bits per heavy atom. The van der Waals surface area contributed by atoms with E-state index in [1.54, 1.807) is 4.40 Å². The maximum atomic E-state index is 12.8. The van der Waals surface area contributed by atoms with Crippen molar-refractivity contribution in [3.63, 3.8) is 0 Å². The molecule has 2 aromatic heterocycles. The number of thiazole rings is 1. The Kier molecular flexibility index (Phi) is 4.01. The van der Waals surface area contributed by atoms with Gasteiger partial charge in [0.2, 0.25) is 0 Å². The number of para-hydroxylation sites is 3. The van der Waals surface area contributed by atoms with E-state index in [0.29, 0.717) is 17.1 Å². The molecule has 0 aliphatic carbocycles. The molecule has 2 aromatic carbocycles. The topological polar surface area (TPSA) is 43.6 Å². The molecule has 0 aliphatic rings. The van der Waals surface area contributed by atoms with Gasteiger partial charge in [-0.1, -0.05) is 55.5 Å². The predicted octanol–water partition coefficient (Wildman–Crippen LogP) is 3.49. The molecule has 0 bridgehead atoms. The first kappa shape index (κ1) is 15.8. The van der Waals surface area contributed by atoms with E-state index in [1.165, 1.54) is 11.3 Å². The van der Waals surface area contributed by atoms with Crippen LogP contribution in [0, 0.1) is 5.92 Å². The highest BCUT2D eigenvalue weighted by atomic mass is 32.1. The Hall–Kier alpha value is -2.66. The number of hydrogen-bond acceptors (Lipinski definition) is 4. The average Bonchev–Trinajstić information content (AvgIpc) is 3.11. The molecule has 25 heavy (non-hydrogen) atoms. The first-order valence-electron chi connectivity index (χ1n) is 8.27. The van der Waals surface area contributed by atoms with Crippen LogP contribution in [0.25, 0.3) is 22.1 Å². The minimum absolute atomic E-state index is 0.0348. The molecule has 0 spiro atoms. The lowest BCUT2D eigenvalue weighted by atomic mass is 10.2. The molecule has 5 heteroatoms. The van der Waals surface area contributed by atoms with E-state index in [-0.39, 0.29) is 5.56 Å². The molecule has 0 fully saturated rings. The zero-order chi connectivity index (χ0) is 17.4. The summed E-state index contributed by atoms with van der Waals surface area (Å²) in [7, 11) is 0. The van der Waals surface area contributed by atoms with Crippen molar-refractivity contribution in [2.75, 3.05) is 6.61 Å². The molecular formula is C20H18N2O2S. The van der Waals surface area contributed by atoms with Gasteiger partial charge in [-0.25, -0.2) is 9.38 Å². The average molecular weight is 350 g/mol. The van der Waals surface area contributed by atoms with Crippen LogP contribution in [-0.2, 0) is 0 Å². The number of rotatable bonds is 4. The maximum absolute atomic E-state index is 12.8. The van der Waals surface area contributed by atoms with E-state index >= 15 is 0 Å². The second-order valence-electron chi connectivity index (χ2n) is 6.38. The van der Waals surface area contributed by atoms with Crippen LogP contribution in [0.15, 0.2) is 53.3 Å². The van der Waals surface area contributed by atoms with E-state index in [2.05, 4.69) is 18.8 Å². The van der Waals surface area contributed by atoms with Crippen molar-refractivity contribution in [2.24, 2.45) is 5.92 Å². The number of ether oxygens (including phenoxy) is 1. The molecule has 0 radical (unpaired) electrons. The molecule has 0 atom stereocenters. The summed E-state index contributed by atoms with van der Waals surface area (Å²) in [6.45, 7) is 4.87. The lowest BCUT2D eigenvalue weighted by Crippen LogP contribution is -2.22. The molecule has 4 nitrogen and oxygen atoms in total. The summed E-state index contributed by atoms with van der Waals surface area (Å²) < 4.78 is 8.23. The molecule has 0 saturated heterocycles. The van der Waals surface area contributed by atoms with E-state index in [9.17, 15) is 4.79 Å². The van der Waals surface area contributed by atoms with Gasteiger partial charge >= 0.3 is 0 Å². The molecule has 126 valence electrons. The summed E-state index contributed by atoms with van der Waals surface area (Å²) >= 11 is 1.41. The number of fused-ring (bicyclic) bond motifs is 3. The van der Waals surface area contributed by atoms with Crippen molar-refractivity contribution >= 4 is 33.4 Å². The molecule has 2 heterocycles. The summed E-state index contributed by atoms with van der Waals surface area (Å²) in [4.78, 5) is 18.1. The first-order chi connectivity index (χ1) is 12.1. The molecule has 4 aromatic rings. The zero-order valence-electron chi connectivity index (χ0n) is 14.1. The van der Waals surface area contributed by atoms with E-state index in [1.807, 2.05) is 54.6 Å². The van der Waals surface area contributed by atoms with Gasteiger partial charge in [0.1, 0.15) is 5.75 Å². The molecule has 0 aliphatic heterocycles. The van der Waals surface area contributed by atoms with Gasteiger partial charge in [0.25, 0.3) is 5.56 Å². The smallest absolute Gasteiger partial charge is 0.274 e. The van der Waals surface area contributed by atoms with Crippen molar-refractivity contribution in [3.8, 4) is 5.75 Å². The van der Waals surface area contributed by atoms with Gasteiger partial charge in [-0.05, 0) is 30.2 Å². The Morgan fingerprint density at radius 2 is 1.92 bits per heavy atom. The summed E-state index contributed by atoms with van der Waals surface area (Å²) in [6, 6.07) is 15.5. The Bertz CT molecular complexity index is 1160. The van der Waals surface area contributed by atoms with E-state index in [0.717, 1.165) is 27.3 Å². The Labute approximate surface area is 149 Å². The van der Waals surface area contributed by atoms with E-state index < -0.39 is 0 Å². The molecule has 4 rings (SSSR count). The van der Waals surface area contributed by atoms with Crippen LogP contribution in [0.1, 0.15) is 19.4 Å². The highest BCUT2D eigenvalue weighted by Gasteiger charge is 2.11. The van der Waals surface area contributed by atoms with Crippen LogP contribution in [-0.4, -0.2) is 16.0 Å². The van der Waals surface area contributed by atoms with Crippen molar-refractivity contribution in [1.82, 2.24) is 9.38 Å². The summed E-state index contributed by atoms with van der Waals surface area (Å²) in [5.74, 6) is 1.24. The van der Waals surface area contributed by atoms with Gasteiger partial charge in [-0.2, -0.15) is 0 Å². The van der Waals surface area contributed by atoms with E-state index in [4.69, 9.17) is 4.74 Å². The van der Waals surface area contributed by atoms with Crippen molar-refractivity contribution in [1.29, 1.82) is 0 Å². The van der Waals surface area contributed by atoms with Gasteiger partial charge < -0.3 is 4.74 Å². The van der Waals surface area contributed by atoms with Crippen LogP contribution in [0.4, 0.5) is 0 Å². The fraction of sp³-hybridized carbons (Fsp3) is 0.200. The standard InChI is InChI=1S/C20H18N2O2S/c1-13(2)12-24-17-10-6-3-7-14(17)11-18-19(23)22-16-9-5-4-8-15(16)21-20(22)25-18/h3-11,13H,12H2,1-2H3/b18-11-. The number of hydrogen-bond donors (Lipinski definition) is 0. The largest absolute Gasteiger partial charge is 0.493 e. The van der Waals surface area contributed by atoms with Crippen LogP contribution >= 0.6 is 11.3 Å². The third-order valence-corrected chi connectivity index (χ3v) is 4.89. The Morgan fingerprint density at radius 1 is 1.16 bits per heavy atom. The number of nitrogens with zero attached hydrogens (tertiary/aromatic N) is 2. The van der Waals surface area contributed by atoms with Gasteiger partial charge in [-0.15, -0.1) is 0 Å². The lowest BCUT2D eigenvalue weighted by Gasteiger charge is -2.10. The fourth-order valence-corrected chi connectivity index (χ4v) is 3.72. The molecule has 0 amide bonds. The number of aromatic nitrogens is 2. The minimum atomic E-state index is -0.0348. The van der Waals surface area contributed by atoms with Gasteiger partial charge in [0, 0.05) is 5.56 Å². The zero-order valence-corrected chi connectivity index (χ0v) is 14.9. The quantitative estimate of drug-likeness (QED) is 0.566. The molecular weight excluding hydrogens is 332 g/mol. The monoisotopic (exact) mass is 350 g/mol. The summed E-state index contributed by atoms with van der Waals surface area (Å²) in [5.41, 5.74) is 2.57. The summed E-state index contributed by atoms with van der Waals surface area (Å²) in [5, 5.41) is 0. The second-order valence-corrected chi connectivity index (χ2v) is 7.39. The summed E-state index contributed by atoms with van der Waals surface area (Å²) in [6.07, 6.45) is 1.89. The van der Waals surface area contributed by atoms with Gasteiger partial charge in [0.15, 0.2) is 4.96 Å². The van der Waals surface area contributed by atoms with Crippen LogP contribution in [0.3, 0.4) is 0 Å². The van der Waals surface area contributed by atoms with Crippen molar-refractivity contribution in [2.45, 2.75) is 13.8 Å². The van der Waals surface area contributed by atoms with Gasteiger partial charge in [0.05, 0.1) is 22.2 Å². The van der Waals surface area contributed by atoms with Crippen LogP contribution in [0.5, 0.6) is 5.75 Å². The number of imidazole rings is 1. The molecule has 0 saturated carbocycles. The first-order valence-corrected chi connectivity index (χ1v) is 9.08. The van der Waals surface area contributed by atoms with Gasteiger partial charge in [-0.3, -0.25) is 4.79 Å². The SMILES string of the molecule is CC(C)COc1ccccc1/C=c1\sc2nc3ccccc3n2c1=O. The highest BCUT2D eigenvalue weighted by Crippen LogP contribution is 2.20. The highest BCUT2D eigenvalue weighted by molar-refractivity contribution is 7.15. The van der Waals surface area contributed by atoms with Crippen LogP contribution in [0.2, 0.25) is 0 Å². The predicted molar refractivity (Wildman–Crippen MR) is 102 cm³/mol. The minimum Gasteiger partial charge on any atom is -0.493 e. The maximum Gasteiger partial charge on any atom is 0.274 e. The normalized spacial score (nSPS) is 12.5. The number of benzene rings is 2.